The average Bonchev–Trinajstić information content (AvgIpc) is 3.19. The Labute approximate surface area is 346 Å². The minimum absolute atomic E-state index is 0.0862. The van der Waals surface area contributed by atoms with Crippen molar-refractivity contribution in [3.63, 3.8) is 0 Å². The summed E-state index contributed by atoms with van der Waals surface area (Å²) in [7, 11) is 0. The predicted molar refractivity (Wildman–Crippen MR) is 238 cm³/mol. The quantitative estimate of drug-likeness (QED) is 0.0265. The minimum Gasteiger partial charge on any atom is -0.462 e. The van der Waals surface area contributed by atoms with Crippen LogP contribution in [0.1, 0.15) is 233 Å². The van der Waals surface area contributed by atoms with Gasteiger partial charge in [-0.3, -0.25) is 14.4 Å². The lowest BCUT2D eigenvalue weighted by Crippen LogP contribution is -2.30. The van der Waals surface area contributed by atoms with Gasteiger partial charge in [-0.1, -0.05) is 223 Å². The van der Waals surface area contributed by atoms with Gasteiger partial charge in [0.2, 0.25) is 0 Å². The molecule has 1 unspecified atom stereocenters. The molecule has 0 N–H and O–H groups in total. The number of hydrogen-bond donors (Lipinski definition) is 0. The summed E-state index contributed by atoms with van der Waals surface area (Å²) in [5.74, 6) is -0.924. The van der Waals surface area contributed by atoms with Crippen LogP contribution in [-0.2, 0) is 28.6 Å². The van der Waals surface area contributed by atoms with Gasteiger partial charge in [0.1, 0.15) is 13.2 Å². The first-order chi connectivity index (χ1) is 27.5. The molecule has 324 valence electrons. The van der Waals surface area contributed by atoms with Crippen LogP contribution in [0, 0.1) is 0 Å². The first kappa shape index (κ1) is 53.4. The minimum atomic E-state index is -0.787. The summed E-state index contributed by atoms with van der Waals surface area (Å²) in [6, 6.07) is 0. The number of unbranched alkanes of at least 4 members (excludes halogenated alkanes) is 26. The second kappa shape index (κ2) is 45.1. The van der Waals surface area contributed by atoms with Gasteiger partial charge in [-0.2, -0.15) is 0 Å². The number of hydrogen-bond acceptors (Lipinski definition) is 6. The smallest absolute Gasteiger partial charge is 0.306 e. The third-order valence-electron chi connectivity index (χ3n) is 10.2. The highest BCUT2D eigenvalue weighted by molar-refractivity contribution is 5.71. The van der Waals surface area contributed by atoms with Crippen molar-refractivity contribution in [2.24, 2.45) is 0 Å². The molecule has 6 heteroatoms. The third kappa shape index (κ3) is 42.5. The Bertz CT molecular complexity index is 996. The van der Waals surface area contributed by atoms with Crippen LogP contribution < -0.4 is 0 Å². The highest BCUT2D eigenvalue weighted by atomic mass is 16.6. The zero-order chi connectivity index (χ0) is 40.8. The summed E-state index contributed by atoms with van der Waals surface area (Å²) in [5.41, 5.74) is 0. The Morgan fingerprint density at radius 1 is 0.375 bits per heavy atom. The third-order valence-corrected chi connectivity index (χ3v) is 10.2. The molecule has 1 atom stereocenters. The molecule has 0 spiro atoms. The molecule has 0 aromatic heterocycles. The van der Waals surface area contributed by atoms with Gasteiger partial charge in [0.15, 0.2) is 6.10 Å². The molecule has 0 fully saturated rings. The molecular weight excluding hydrogens is 697 g/mol. The number of ether oxygens (including phenoxy) is 3. The van der Waals surface area contributed by atoms with Crippen LogP contribution in [0.25, 0.3) is 0 Å². The largest absolute Gasteiger partial charge is 0.462 e. The van der Waals surface area contributed by atoms with Crippen molar-refractivity contribution in [1.29, 1.82) is 0 Å². The van der Waals surface area contributed by atoms with Gasteiger partial charge in [0, 0.05) is 19.3 Å². The van der Waals surface area contributed by atoms with Gasteiger partial charge >= 0.3 is 17.9 Å². The maximum atomic E-state index is 12.7. The van der Waals surface area contributed by atoms with Crippen molar-refractivity contribution in [1.82, 2.24) is 0 Å². The number of carbonyl (C=O) groups is 3. The van der Waals surface area contributed by atoms with Crippen LogP contribution >= 0.6 is 0 Å². The molecule has 0 aliphatic carbocycles. The molecule has 0 radical (unpaired) electrons. The highest BCUT2D eigenvalue weighted by Gasteiger charge is 2.19. The fourth-order valence-electron chi connectivity index (χ4n) is 6.63. The highest BCUT2D eigenvalue weighted by Crippen LogP contribution is 2.15. The molecule has 0 aromatic carbocycles. The molecular formula is C50H88O6. The van der Waals surface area contributed by atoms with Crippen LogP contribution in [0.3, 0.4) is 0 Å². The molecule has 56 heavy (non-hydrogen) atoms. The molecule has 0 bridgehead atoms. The summed E-state index contributed by atoms with van der Waals surface area (Å²) < 4.78 is 16.7. The van der Waals surface area contributed by atoms with E-state index in [1.54, 1.807) is 0 Å². The molecule has 0 saturated heterocycles. The van der Waals surface area contributed by atoms with Crippen molar-refractivity contribution < 1.29 is 28.6 Å². The number of rotatable bonds is 42. The van der Waals surface area contributed by atoms with Crippen LogP contribution in [0.5, 0.6) is 0 Å². The number of carbonyl (C=O) groups excluding carboxylic acids is 3. The van der Waals surface area contributed by atoms with Crippen LogP contribution in [0.15, 0.2) is 48.6 Å². The SMILES string of the molecule is CC\C=C/C=C\C=C/C=C\CCCCCC(=O)OC(COC(=O)CCCCCCCCCCC)COC(=O)CCCCCCCCCCCCCCCCCC. The normalized spacial score (nSPS) is 12.4. The van der Waals surface area contributed by atoms with Gasteiger partial charge in [0.25, 0.3) is 0 Å². The molecule has 0 saturated carbocycles. The first-order valence-corrected chi connectivity index (χ1v) is 23.7. The Kier molecular flexibility index (Phi) is 43.0. The van der Waals surface area contributed by atoms with E-state index in [4.69, 9.17) is 14.2 Å². The zero-order valence-corrected chi connectivity index (χ0v) is 36.9. The Balaban J connectivity index is 4.36. The Hall–Kier alpha value is -2.63. The summed E-state index contributed by atoms with van der Waals surface area (Å²) >= 11 is 0. The summed E-state index contributed by atoms with van der Waals surface area (Å²) in [4.78, 5) is 37.7. The van der Waals surface area contributed by atoms with E-state index < -0.39 is 6.10 Å². The molecule has 0 rings (SSSR count). The Morgan fingerprint density at radius 3 is 1.09 bits per heavy atom. The Morgan fingerprint density at radius 2 is 0.696 bits per heavy atom. The lowest BCUT2D eigenvalue weighted by atomic mass is 10.0. The van der Waals surface area contributed by atoms with E-state index in [0.717, 1.165) is 70.6 Å². The fraction of sp³-hybridized carbons (Fsp3) is 0.780. The molecule has 0 aliphatic heterocycles. The van der Waals surface area contributed by atoms with Crippen LogP contribution in [-0.4, -0.2) is 37.2 Å². The first-order valence-electron chi connectivity index (χ1n) is 23.7. The van der Waals surface area contributed by atoms with E-state index >= 15 is 0 Å². The van der Waals surface area contributed by atoms with E-state index in [0.29, 0.717) is 12.8 Å². The van der Waals surface area contributed by atoms with E-state index in [2.05, 4.69) is 32.9 Å². The van der Waals surface area contributed by atoms with Gasteiger partial charge < -0.3 is 14.2 Å². The van der Waals surface area contributed by atoms with Gasteiger partial charge in [0.05, 0.1) is 0 Å². The second-order valence-electron chi connectivity index (χ2n) is 15.7. The van der Waals surface area contributed by atoms with E-state index in [1.165, 1.54) is 122 Å². The van der Waals surface area contributed by atoms with Crippen molar-refractivity contribution in [2.75, 3.05) is 13.2 Å². The van der Waals surface area contributed by atoms with Gasteiger partial charge in [-0.25, -0.2) is 0 Å². The summed E-state index contributed by atoms with van der Waals surface area (Å²) in [6.07, 6.45) is 52.4. The maximum absolute atomic E-state index is 12.7. The van der Waals surface area contributed by atoms with Crippen molar-refractivity contribution in [2.45, 2.75) is 239 Å². The van der Waals surface area contributed by atoms with Crippen molar-refractivity contribution in [3.05, 3.63) is 48.6 Å². The maximum Gasteiger partial charge on any atom is 0.306 e. The summed E-state index contributed by atoms with van der Waals surface area (Å²) in [6.45, 7) is 6.45. The predicted octanol–water partition coefficient (Wildman–Crippen LogP) is 15.1. The zero-order valence-electron chi connectivity index (χ0n) is 36.9. The van der Waals surface area contributed by atoms with E-state index in [1.807, 2.05) is 36.5 Å². The summed E-state index contributed by atoms with van der Waals surface area (Å²) in [5, 5.41) is 0. The van der Waals surface area contributed by atoms with Gasteiger partial charge in [-0.05, 0) is 38.5 Å². The fourth-order valence-corrected chi connectivity index (χ4v) is 6.63. The standard InChI is InChI=1S/C50H88O6/c1-4-7-10-13-16-19-21-23-24-25-27-28-31-34-37-40-43-49(52)55-46-47(45-54-48(51)42-39-36-33-30-18-15-12-9-6-3)56-50(53)44-41-38-35-32-29-26-22-20-17-14-11-8-5-2/h8,11,14,17,20,22,26,29,47H,4-7,9-10,12-13,15-16,18-19,21,23-25,27-28,30-46H2,1-3H3/b11-8-,17-14-,22-20-,29-26-. The van der Waals surface area contributed by atoms with Crippen LogP contribution in [0.2, 0.25) is 0 Å². The van der Waals surface area contributed by atoms with E-state index in [-0.39, 0.29) is 37.5 Å². The monoisotopic (exact) mass is 785 g/mol. The molecule has 0 aliphatic rings. The molecule has 0 heterocycles. The average molecular weight is 785 g/mol. The van der Waals surface area contributed by atoms with Crippen molar-refractivity contribution in [3.8, 4) is 0 Å². The molecule has 0 amide bonds. The second-order valence-corrected chi connectivity index (χ2v) is 15.7. The lowest BCUT2D eigenvalue weighted by molar-refractivity contribution is -0.167. The van der Waals surface area contributed by atoms with Gasteiger partial charge in [-0.15, -0.1) is 0 Å². The number of esters is 3. The number of allylic oxidation sites excluding steroid dienone is 8. The molecule has 0 aromatic rings. The van der Waals surface area contributed by atoms with Crippen molar-refractivity contribution >= 4 is 17.9 Å². The van der Waals surface area contributed by atoms with E-state index in [9.17, 15) is 14.4 Å². The van der Waals surface area contributed by atoms with Crippen LogP contribution in [0.4, 0.5) is 0 Å². The molecule has 6 nitrogen and oxygen atoms in total. The lowest BCUT2D eigenvalue weighted by Gasteiger charge is -2.18. The topological polar surface area (TPSA) is 78.9 Å².